The lowest BCUT2D eigenvalue weighted by Gasteiger charge is -2.19. The van der Waals surface area contributed by atoms with Crippen LogP contribution in [-0.4, -0.2) is 16.7 Å². The van der Waals surface area contributed by atoms with Gasteiger partial charge in [0, 0.05) is 16.8 Å². The molecule has 2 rings (SSSR count). The summed E-state index contributed by atoms with van der Waals surface area (Å²) in [4.78, 5) is 16.9. The molecule has 2 N–H and O–H groups in total. The van der Waals surface area contributed by atoms with Gasteiger partial charge in [-0.1, -0.05) is 11.6 Å². The van der Waals surface area contributed by atoms with Crippen LogP contribution >= 0.6 is 22.9 Å². The normalized spacial score (nSPS) is 11.1. The zero-order chi connectivity index (χ0) is 16.2. The van der Waals surface area contributed by atoms with Crippen molar-refractivity contribution in [3.8, 4) is 0 Å². The first-order chi connectivity index (χ1) is 10.3. The monoisotopic (exact) mass is 339 g/mol. The molecule has 118 valence electrons. The Balaban J connectivity index is 1.86. The van der Waals surface area contributed by atoms with Gasteiger partial charge in [0.05, 0.1) is 16.9 Å². The lowest BCUT2D eigenvalue weighted by molar-refractivity contribution is 0.0635. The Morgan fingerprint density at radius 2 is 2.18 bits per heavy atom. The number of rotatable bonds is 4. The molecular weight excluding hydrogens is 322 g/mol. The van der Waals surface area contributed by atoms with Crippen LogP contribution in [0.4, 0.5) is 16.3 Å². The summed E-state index contributed by atoms with van der Waals surface area (Å²) in [7, 11) is 0. The lowest BCUT2D eigenvalue weighted by Crippen LogP contribution is -2.27. The molecule has 7 heteroatoms. The first-order valence-corrected chi connectivity index (χ1v) is 8.00. The number of carbonyl (C=O) groups excluding carboxylic acids is 1. The molecule has 0 fully saturated rings. The van der Waals surface area contributed by atoms with Crippen LogP contribution in [0.1, 0.15) is 25.6 Å². The highest BCUT2D eigenvalue weighted by atomic mass is 35.5. The molecule has 0 unspecified atom stereocenters. The lowest BCUT2D eigenvalue weighted by atomic mass is 10.2. The van der Waals surface area contributed by atoms with Crippen LogP contribution in [-0.2, 0) is 11.3 Å². The minimum atomic E-state index is -0.534. The van der Waals surface area contributed by atoms with Gasteiger partial charge in [-0.25, -0.2) is 9.78 Å². The van der Waals surface area contributed by atoms with Crippen LogP contribution in [0, 0.1) is 0 Å². The SMILES string of the molecule is CC(C)(C)OC(=O)Nc1ccc(NCc2cc(Cl)cs2)cn1. The average Bonchev–Trinajstić information content (AvgIpc) is 2.81. The van der Waals surface area contributed by atoms with Crippen molar-refractivity contribution in [2.75, 3.05) is 10.6 Å². The Labute approximate surface area is 138 Å². The average molecular weight is 340 g/mol. The van der Waals surface area contributed by atoms with E-state index in [0.29, 0.717) is 12.4 Å². The van der Waals surface area contributed by atoms with E-state index in [-0.39, 0.29) is 0 Å². The Bertz CT molecular complexity index is 635. The van der Waals surface area contributed by atoms with E-state index in [1.54, 1.807) is 23.6 Å². The first kappa shape index (κ1) is 16.6. The smallest absolute Gasteiger partial charge is 0.413 e. The van der Waals surface area contributed by atoms with E-state index >= 15 is 0 Å². The molecule has 5 nitrogen and oxygen atoms in total. The van der Waals surface area contributed by atoms with Crippen molar-refractivity contribution in [2.24, 2.45) is 0 Å². The second kappa shape index (κ2) is 6.98. The fraction of sp³-hybridized carbons (Fsp3) is 0.333. The van der Waals surface area contributed by atoms with Crippen molar-refractivity contribution < 1.29 is 9.53 Å². The van der Waals surface area contributed by atoms with E-state index in [0.717, 1.165) is 15.6 Å². The molecule has 0 bridgehead atoms. The maximum Gasteiger partial charge on any atom is 0.413 e. The fourth-order valence-electron chi connectivity index (χ4n) is 1.62. The minimum absolute atomic E-state index is 0.443. The molecule has 1 amide bonds. The van der Waals surface area contributed by atoms with Gasteiger partial charge in [-0.3, -0.25) is 5.32 Å². The highest BCUT2D eigenvalue weighted by molar-refractivity contribution is 7.10. The van der Waals surface area contributed by atoms with Crippen molar-refractivity contribution in [1.29, 1.82) is 0 Å². The van der Waals surface area contributed by atoms with E-state index in [4.69, 9.17) is 16.3 Å². The Hall–Kier alpha value is -1.79. The van der Waals surface area contributed by atoms with Crippen molar-refractivity contribution in [2.45, 2.75) is 32.9 Å². The molecule has 2 aromatic rings. The summed E-state index contributed by atoms with van der Waals surface area (Å²) in [5.41, 5.74) is 0.326. The number of hydrogen-bond acceptors (Lipinski definition) is 5. The van der Waals surface area contributed by atoms with E-state index < -0.39 is 11.7 Å². The summed E-state index contributed by atoms with van der Waals surface area (Å²) < 4.78 is 5.16. The quantitative estimate of drug-likeness (QED) is 0.843. The van der Waals surface area contributed by atoms with Gasteiger partial charge in [-0.2, -0.15) is 0 Å². The zero-order valence-electron chi connectivity index (χ0n) is 12.6. The van der Waals surface area contributed by atoms with Crippen molar-refractivity contribution in [3.63, 3.8) is 0 Å². The third-order valence-corrected chi connectivity index (χ3v) is 3.77. The minimum Gasteiger partial charge on any atom is -0.444 e. The van der Waals surface area contributed by atoms with Gasteiger partial charge in [0.15, 0.2) is 0 Å². The number of nitrogens with zero attached hydrogens (tertiary/aromatic N) is 1. The Morgan fingerprint density at radius 1 is 1.41 bits per heavy atom. The van der Waals surface area contributed by atoms with E-state index in [2.05, 4.69) is 15.6 Å². The first-order valence-electron chi connectivity index (χ1n) is 6.75. The second-order valence-corrected chi connectivity index (χ2v) is 7.08. The zero-order valence-corrected chi connectivity index (χ0v) is 14.2. The molecule has 0 aliphatic carbocycles. The van der Waals surface area contributed by atoms with Crippen LogP contribution in [0.2, 0.25) is 5.02 Å². The maximum absolute atomic E-state index is 11.6. The number of nitrogens with one attached hydrogen (secondary N) is 2. The number of amides is 1. The summed E-state index contributed by atoms with van der Waals surface area (Å²) in [5.74, 6) is 0.443. The van der Waals surface area contributed by atoms with E-state index in [1.807, 2.05) is 38.3 Å². The fourth-order valence-corrected chi connectivity index (χ4v) is 2.63. The number of hydrogen-bond donors (Lipinski definition) is 2. The molecule has 0 aromatic carbocycles. The molecule has 2 aromatic heterocycles. The van der Waals surface area contributed by atoms with Gasteiger partial charge in [-0.15, -0.1) is 11.3 Å². The van der Waals surface area contributed by atoms with Crippen LogP contribution in [0.15, 0.2) is 29.8 Å². The summed E-state index contributed by atoms with van der Waals surface area (Å²) in [6.45, 7) is 6.11. The topological polar surface area (TPSA) is 63.2 Å². The number of carbonyl (C=O) groups is 1. The molecule has 0 spiro atoms. The largest absolute Gasteiger partial charge is 0.444 e. The predicted octanol–water partition coefficient (Wildman–Crippen LogP) is 4.76. The molecular formula is C15H18ClN3O2S. The highest BCUT2D eigenvalue weighted by Gasteiger charge is 2.16. The molecule has 0 radical (unpaired) electrons. The molecule has 2 heterocycles. The van der Waals surface area contributed by atoms with Gasteiger partial charge in [0.1, 0.15) is 11.4 Å². The molecule has 0 aliphatic rings. The number of anilines is 2. The van der Waals surface area contributed by atoms with Gasteiger partial charge in [-0.05, 0) is 39.0 Å². The number of pyridine rings is 1. The summed E-state index contributed by atoms with van der Waals surface area (Å²) >= 11 is 7.47. The summed E-state index contributed by atoms with van der Waals surface area (Å²) in [6.07, 6.45) is 1.14. The molecule has 0 saturated carbocycles. The summed E-state index contributed by atoms with van der Waals surface area (Å²) in [5, 5.41) is 8.47. The Kier molecular flexibility index (Phi) is 5.26. The van der Waals surface area contributed by atoms with E-state index in [9.17, 15) is 4.79 Å². The Morgan fingerprint density at radius 3 is 2.73 bits per heavy atom. The molecule has 0 atom stereocenters. The van der Waals surface area contributed by atoms with Gasteiger partial charge in [0.2, 0.25) is 0 Å². The van der Waals surface area contributed by atoms with Crippen LogP contribution in [0.3, 0.4) is 0 Å². The number of aromatic nitrogens is 1. The predicted molar refractivity (Wildman–Crippen MR) is 90.7 cm³/mol. The van der Waals surface area contributed by atoms with Crippen LogP contribution < -0.4 is 10.6 Å². The number of ether oxygens (including phenoxy) is 1. The summed E-state index contributed by atoms with van der Waals surface area (Å²) in [6, 6.07) is 5.48. The van der Waals surface area contributed by atoms with E-state index in [1.165, 1.54) is 0 Å². The van der Waals surface area contributed by atoms with Crippen LogP contribution in [0.25, 0.3) is 0 Å². The third kappa shape index (κ3) is 5.54. The number of thiophene rings is 1. The molecule has 0 saturated heterocycles. The molecule has 22 heavy (non-hydrogen) atoms. The van der Waals surface area contributed by atoms with Gasteiger partial charge < -0.3 is 10.1 Å². The van der Waals surface area contributed by atoms with Crippen molar-refractivity contribution in [1.82, 2.24) is 4.98 Å². The second-order valence-electron chi connectivity index (χ2n) is 5.64. The van der Waals surface area contributed by atoms with Gasteiger partial charge in [0.25, 0.3) is 0 Å². The van der Waals surface area contributed by atoms with Crippen LogP contribution in [0.5, 0.6) is 0 Å². The molecule has 0 aliphatic heterocycles. The van der Waals surface area contributed by atoms with Crippen molar-refractivity contribution in [3.05, 3.63) is 39.7 Å². The highest BCUT2D eigenvalue weighted by Crippen LogP contribution is 2.20. The van der Waals surface area contributed by atoms with Gasteiger partial charge >= 0.3 is 6.09 Å². The number of halogens is 1. The third-order valence-electron chi connectivity index (χ3n) is 2.48. The van der Waals surface area contributed by atoms with Crippen molar-refractivity contribution >= 4 is 40.5 Å². The standard InChI is InChI=1S/C15H18ClN3O2S/c1-15(2,3)21-14(20)19-13-5-4-11(7-18-13)17-8-12-6-10(16)9-22-12/h4-7,9,17H,8H2,1-3H3,(H,18,19,20). The maximum atomic E-state index is 11.6.